The maximum absolute atomic E-state index is 8.70. The Morgan fingerprint density at radius 1 is 0.849 bits per heavy atom. The van der Waals surface area contributed by atoms with Crippen molar-refractivity contribution < 1.29 is 0 Å². The third kappa shape index (κ3) is 7.78. The van der Waals surface area contributed by atoms with E-state index in [4.69, 9.17) is 10.4 Å². The molecule has 3 aromatic rings. The Labute approximate surface area is 314 Å². The van der Waals surface area contributed by atoms with Gasteiger partial charge in [0, 0.05) is 46.6 Å². The van der Waals surface area contributed by atoms with Gasteiger partial charge in [-0.3, -0.25) is 9.98 Å². The van der Waals surface area contributed by atoms with E-state index in [1.165, 1.54) is 16.7 Å². The van der Waals surface area contributed by atoms with Crippen molar-refractivity contribution in [3.63, 3.8) is 0 Å². The van der Waals surface area contributed by atoms with Gasteiger partial charge in [0.25, 0.3) is 0 Å². The number of aliphatic imine (C=N–C) groups is 1. The second kappa shape index (κ2) is 17.2. The van der Waals surface area contributed by atoms with Crippen LogP contribution in [0.2, 0.25) is 0 Å². The van der Waals surface area contributed by atoms with E-state index in [0.717, 1.165) is 68.4 Å². The first-order chi connectivity index (χ1) is 26.1. The number of rotatable bonds is 6. The molecule has 4 nitrogen and oxygen atoms in total. The fourth-order valence-corrected chi connectivity index (χ4v) is 7.15. The molecule has 2 N–H and O–H groups in total. The lowest BCUT2D eigenvalue weighted by molar-refractivity contribution is 0.647. The average molecular weight is 691 g/mol. The second-order valence-electron chi connectivity index (χ2n) is 12.6. The van der Waals surface area contributed by atoms with Crippen molar-refractivity contribution in [2.75, 3.05) is 0 Å². The second-order valence-corrected chi connectivity index (χ2v) is 12.6. The first kappa shape index (κ1) is 36.4. The predicted molar refractivity (Wildman–Crippen MR) is 228 cm³/mol. The number of benzene rings is 2. The molecule has 2 atom stereocenters. The molecule has 1 aromatic heterocycles. The summed E-state index contributed by atoms with van der Waals surface area (Å²) in [6.45, 7) is 14.6. The summed E-state index contributed by atoms with van der Waals surface area (Å²) in [5.74, 6) is 0.325. The van der Waals surface area contributed by atoms with Crippen molar-refractivity contribution in [3.05, 3.63) is 216 Å². The molecule has 0 radical (unpaired) electrons. The number of aromatic nitrogens is 1. The van der Waals surface area contributed by atoms with Gasteiger partial charge in [-0.05, 0) is 82.2 Å². The first-order valence-electron chi connectivity index (χ1n) is 18.3. The van der Waals surface area contributed by atoms with Crippen LogP contribution in [-0.2, 0) is 0 Å². The number of para-hydroxylation sites is 1. The highest BCUT2D eigenvalue weighted by molar-refractivity contribution is 6.11. The molecule has 2 aromatic carbocycles. The highest BCUT2D eigenvalue weighted by Gasteiger charge is 2.27. The summed E-state index contributed by atoms with van der Waals surface area (Å²) in [6.07, 6.45) is 37.1. The van der Waals surface area contributed by atoms with E-state index >= 15 is 0 Å². The largest absolute Gasteiger partial charge is 0.361 e. The van der Waals surface area contributed by atoms with Gasteiger partial charge in [0.15, 0.2) is 0 Å². The van der Waals surface area contributed by atoms with Crippen LogP contribution in [0.5, 0.6) is 0 Å². The zero-order valence-electron chi connectivity index (χ0n) is 30.6. The molecule has 2 aliphatic heterocycles. The fraction of sp³-hybridized carbons (Fsp3) is 0.122. The molecular weight excluding hydrogens is 645 g/mol. The Bertz CT molecular complexity index is 2280. The molecule has 3 heterocycles. The Balaban J connectivity index is 0.00000116. The van der Waals surface area contributed by atoms with E-state index in [2.05, 4.69) is 127 Å². The number of pyridine rings is 1. The molecule has 8 rings (SSSR count). The topological polar surface area (TPSA) is 61.1 Å². The van der Waals surface area contributed by atoms with Gasteiger partial charge in [-0.25, -0.2) is 0 Å². The Morgan fingerprint density at radius 2 is 1.64 bits per heavy atom. The quantitative estimate of drug-likeness (QED) is 0.200. The predicted octanol–water partition coefficient (Wildman–Crippen LogP) is 11.9. The minimum absolute atomic E-state index is 0.159. The average Bonchev–Trinajstić information content (AvgIpc) is 3.24. The molecule has 0 spiro atoms. The summed E-state index contributed by atoms with van der Waals surface area (Å²) in [4.78, 5) is 9.50. The van der Waals surface area contributed by atoms with Gasteiger partial charge in [-0.15, -0.1) is 13.2 Å². The Hall–Kier alpha value is -6.39. The molecule has 0 saturated carbocycles. The van der Waals surface area contributed by atoms with Gasteiger partial charge in [-0.1, -0.05) is 130 Å². The maximum Gasteiger partial charge on any atom is 0.0848 e. The van der Waals surface area contributed by atoms with Crippen LogP contribution in [0.25, 0.3) is 27.6 Å². The van der Waals surface area contributed by atoms with Crippen molar-refractivity contribution >= 4 is 28.4 Å². The monoisotopic (exact) mass is 690 g/mol. The van der Waals surface area contributed by atoms with Gasteiger partial charge in [0.05, 0.1) is 23.0 Å². The SMILES string of the molecule is C=C.C=C(/C=C(\C1=CC=CN/C1=C1/C=CC=CC1=N)c1ccc(-c2cccc3cccnc23)cc1)C1=CC=C(C2=CC=CC3C=CC=NC23)CC1.CC. The Morgan fingerprint density at radius 3 is 2.43 bits per heavy atom. The summed E-state index contributed by atoms with van der Waals surface area (Å²) in [5.41, 5.74) is 13.4. The summed E-state index contributed by atoms with van der Waals surface area (Å²) in [7, 11) is 0. The van der Waals surface area contributed by atoms with E-state index in [-0.39, 0.29) is 6.04 Å². The Kier molecular flexibility index (Phi) is 11.8. The van der Waals surface area contributed by atoms with Crippen LogP contribution in [0.4, 0.5) is 0 Å². The lowest BCUT2D eigenvalue weighted by atomic mass is 9.80. The zero-order chi connectivity index (χ0) is 37.2. The number of hydrogen-bond donors (Lipinski definition) is 2. The molecular formula is C49H46N4. The highest BCUT2D eigenvalue weighted by atomic mass is 14.9. The van der Waals surface area contributed by atoms with Gasteiger partial charge < -0.3 is 10.7 Å². The van der Waals surface area contributed by atoms with Gasteiger partial charge in [-0.2, -0.15) is 0 Å². The van der Waals surface area contributed by atoms with Crippen molar-refractivity contribution in [3.8, 4) is 11.1 Å². The normalized spacial score (nSPS) is 21.2. The number of hydrogen-bond acceptors (Lipinski definition) is 4. The molecule has 2 unspecified atom stereocenters. The third-order valence-corrected chi connectivity index (χ3v) is 9.69. The summed E-state index contributed by atoms with van der Waals surface area (Å²) < 4.78 is 0. The molecule has 0 saturated heterocycles. The standard InChI is InChI=1S/C45H36N4.C2H6.C2H4/c1-30(31-18-20-32(21-19-31)37-14-4-9-35-11-6-26-47-43(35)37)29-41(39-16-8-28-49-45(39)40-13-2-3-17-42(40)46)34-24-22-33(23-25-34)38-15-5-10-36-12-7-27-48-44(36)38;2*1-2/h2-18,20,22-29,35,43,46,49H,1,19,21H2;1-2H3;1-2H2/b41-29-,45-40-,46-42?;;. The van der Waals surface area contributed by atoms with Crippen LogP contribution < -0.4 is 5.32 Å². The molecule has 4 heteroatoms. The van der Waals surface area contributed by atoms with E-state index in [9.17, 15) is 0 Å². The van der Waals surface area contributed by atoms with Crippen molar-refractivity contribution in [1.82, 2.24) is 10.3 Å². The van der Waals surface area contributed by atoms with E-state index in [1.807, 2.05) is 75.0 Å². The summed E-state index contributed by atoms with van der Waals surface area (Å²) in [5, 5.41) is 13.3. The van der Waals surface area contributed by atoms with Crippen molar-refractivity contribution in [2.45, 2.75) is 32.7 Å². The number of fused-ring (bicyclic) bond motifs is 2. The number of allylic oxidation sites excluding steroid dienone is 16. The van der Waals surface area contributed by atoms with Gasteiger partial charge >= 0.3 is 0 Å². The van der Waals surface area contributed by atoms with Crippen molar-refractivity contribution in [1.29, 1.82) is 5.41 Å². The molecule has 0 fully saturated rings. The smallest absolute Gasteiger partial charge is 0.0848 e. The van der Waals surface area contributed by atoms with Crippen LogP contribution in [0.3, 0.4) is 0 Å². The van der Waals surface area contributed by atoms with Crippen LogP contribution in [0.15, 0.2) is 216 Å². The van der Waals surface area contributed by atoms with Crippen LogP contribution in [-0.4, -0.2) is 23.0 Å². The minimum Gasteiger partial charge on any atom is -0.361 e. The molecule has 5 aliphatic rings. The number of dihydropyridines is 2. The van der Waals surface area contributed by atoms with Gasteiger partial charge in [0.1, 0.15) is 0 Å². The lowest BCUT2D eigenvalue weighted by Crippen LogP contribution is -2.23. The molecule has 0 amide bonds. The molecule has 262 valence electrons. The van der Waals surface area contributed by atoms with Gasteiger partial charge in [0.2, 0.25) is 0 Å². The summed E-state index contributed by atoms with van der Waals surface area (Å²) in [6, 6.07) is 19.3. The van der Waals surface area contributed by atoms with Crippen molar-refractivity contribution in [2.24, 2.45) is 10.9 Å². The van der Waals surface area contributed by atoms with E-state index in [1.54, 1.807) is 0 Å². The number of nitrogens with zero attached hydrogens (tertiary/aromatic N) is 2. The van der Waals surface area contributed by atoms with Crippen LogP contribution >= 0.6 is 0 Å². The van der Waals surface area contributed by atoms with Crippen LogP contribution in [0.1, 0.15) is 32.3 Å². The first-order valence-corrected chi connectivity index (χ1v) is 18.3. The molecule has 0 bridgehead atoms. The fourth-order valence-electron chi connectivity index (χ4n) is 7.15. The minimum atomic E-state index is 0.159. The number of nitrogens with one attached hydrogen (secondary N) is 2. The molecule has 3 aliphatic carbocycles. The zero-order valence-corrected chi connectivity index (χ0v) is 30.6. The van der Waals surface area contributed by atoms with E-state index in [0.29, 0.717) is 11.6 Å². The lowest BCUT2D eigenvalue weighted by Gasteiger charge is -2.29. The third-order valence-electron chi connectivity index (χ3n) is 9.69. The van der Waals surface area contributed by atoms with Crippen LogP contribution in [0, 0.1) is 11.3 Å². The molecule has 53 heavy (non-hydrogen) atoms. The maximum atomic E-state index is 8.70. The highest BCUT2D eigenvalue weighted by Crippen LogP contribution is 2.39. The summed E-state index contributed by atoms with van der Waals surface area (Å²) >= 11 is 0. The van der Waals surface area contributed by atoms with E-state index < -0.39 is 0 Å².